The number of amides is 2. The number of hydrogen-bond donors (Lipinski definition) is 2. The molecule has 1 atom stereocenters. The normalized spacial score (nSPS) is 14.3. The Morgan fingerprint density at radius 3 is 2.52 bits per heavy atom. The van der Waals surface area contributed by atoms with Crippen LogP contribution in [0.3, 0.4) is 0 Å². The lowest BCUT2D eigenvalue weighted by Crippen LogP contribution is -2.54. The molecule has 0 aliphatic carbocycles. The minimum absolute atomic E-state index is 0.115. The first-order valence-corrected chi connectivity index (χ1v) is 12.7. The van der Waals surface area contributed by atoms with Crippen LogP contribution in [0, 0.1) is 0 Å². The summed E-state index contributed by atoms with van der Waals surface area (Å²) >= 11 is 0. The first kappa shape index (κ1) is 26.5. The monoisotopic (exact) mass is 546 g/mol. The van der Waals surface area contributed by atoms with Crippen molar-refractivity contribution in [2.45, 2.75) is 26.4 Å². The highest BCUT2D eigenvalue weighted by Crippen LogP contribution is 2.17. The highest BCUT2D eigenvalue weighted by Gasteiger charge is 2.28. The molecule has 4 heterocycles. The maximum absolute atomic E-state index is 13.1. The van der Waals surface area contributed by atoms with Crippen molar-refractivity contribution in [2.75, 3.05) is 31.1 Å². The molecule has 0 spiro atoms. The van der Waals surface area contributed by atoms with Gasteiger partial charge in [-0.2, -0.15) is 4.98 Å². The molecule has 0 unspecified atom stereocenters. The molecular formula is C27H26N6O7. The lowest BCUT2D eigenvalue weighted by molar-refractivity contribution is -0.133. The van der Waals surface area contributed by atoms with Crippen molar-refractivity contribution in [1.29, 1.82) is 0 Å². The van der Waals surface area contributed by atoms with E-state index < -0.39 is 29.0 Å². The van der Waals surface area contributed by atoms with Gasteiger partial charge in [-0.25, -0.2) is 14.6 Å². The number of aromatic nitrogens is 3. The van der Waals surface area contributed by atoms with Crippen LogP contribution in [0.2, 0.25) is 0 Å². The smallest absolute Gasteiger partial charge is 0.349 e. The van der Waals surface area contributed by atoms with E-state index in [-0.39, 0.29) is 22.4 Å². The van der Waals surface area contributed by atoms with Crippen LogP contribution in [0.1, 0.15) is 34.6 Å². The van der Waals surface area contributed by atoms with Crippen molar-refractivity contribution in [2.24, 2.45) is 0 Å². The van der Waals surface area contributed by atoms with Gasteiger partial charge in [-0.05, 0) is 26.0 Å². The average Bonchev–Trinajstić information content (AvgIpc) is 2.96. The number of carbonyl (C=O) groups is 3. The molecule has 3 aromatic heterocycles. The van der Waals surface area contributed by atoms with Gasteiger partial charge in [0.05, 0.1) is 5.39 Å². The maximum atomic E-state index is 13.1. The largest absolute Gasteiger partial charge is 0.477 e. The van der Waals surface area contributed by atoms with Crippen LogP contribution in [-0.2, 0) is 11.3 Å². The minimum Gasteiger partial charge on any atom is -0.477 e. The molecule has 2 N–H and O–H groups in total. The summed E-state index contributed by atoms with van der Waals surface area (Å²) in [6.07, 6.45) is 2.61. The lowest BCUT2D eigenvalue weighted by Gasteiger charge is -2.36. The number of carbonyl (C=O) groups excluding carboxylic acids is 2. The van der Waals surface area contributed by atoms with Gasteiger partial charge in [-0.3, -0.25) is 14.4 Å². The molecule has 1 aliphatic heterocycles. The number of carboxylic acids is 1. The molecule has 1 saturated heterocycles. The predicted molar refractivity (Wildman–Crippen MR) is 145 cm³/mol. The summed E-state index contributed by atoms with van der Waals surface area (Å²) in [4.78, 5) is 74.4. The maximum Gasteiger partial charge on any atom is 0.349 e. The number of aromatic carboxylic acids is 1. The number of para-hydroxylation sites is 1. The second kappa shape index (κ2) is 10.6. The van der Waals surface area contributed by atoms with Gasteiger partial charge in [-0.15, -0.1) is 0 Å². The lowest BCUT2D eigenvalue weighted by atomic mass is 10.1. The summed E-state index contributed by atoms with van der Waals surface area (Å²) in [7, 11) is 0. The Bertz CT molecular complexity index is 1770. The first-order valence-electron chi connectivity index (χ1n) is 12.7. The molecule has 206 valence electrons. The fourth-order valence-electron chi connectivity index (χ4n) is 4.67. The van der Waals surface area contributed by atoms with Crippen molar-refractivity contribution in [3.05, 3.63) is 74.5 Å². The third-order valence-electron chi connectivity index (χ3n) is 6.85. The Morgan fingerprint density at radius 2 is 1.82 bits per heavy atom. The molecule has 13 nitrogen and oxygen atoms in total. The number of nitrogens with zero attached hydrogens (tertiary/aromatic N) is 5. The quantitative estimate of drug-likeness (QED) is 0.334. The van der Waals surface area contributed by atoms with Crippen molar-refractivity contribution >= 4 is 45.7 Å². The van der Waals surface area contributed by atoms with E-state index in [9.17, 15) is 29.1 Å². The van der Waals surface area contributed by atoms with E-state index in [0.717, 1.165) is 0 Å². The number of hydrogen-bond acceptors (Lipinski definition) is 9. The highest BCUT2D eigenvalue weighted by atomic mass is 16.4. The van der Waals surface area contributed by atoms with Crippen LogP contribution in [0.5, 0.6) is 0 Å². The second-order valence-corrected chi connectivity index (χ2v) is 9.36. The number of anilines is 1. The van der Waals surface area contributed by atoms with Gasteiger partial charge in [0.2, 0.25) is 17.3 Å². The number of carboxylic acid groups (broad SMARTS) is 1. The van der Waals surface area contributed by atoms with Crippen molar-refractivity contribution in [3.63, 3.8) is 0 Å². The molecule has 0 bridgehead atoms. The fourth-order valence-corrected chi connectivity index (χ4v) is 4.67. The summed E-state index contributed by atoms with van der Waals surface area (Å²) in [5.74, 6) is -1.96. The molecule has 1 aliphatic rings. The topological polar surface area (TPSA) is 168 Å². The number of aryl methyl sites for hydroxylation is 1. The molecule has 1 aromatic carbocycles. The van der Waals surface area contributed by atoms with E-state index in [1.54, 1.807) is 40.7 Å². The Balaban J connectivity index is 1.26. The Kier molecular flexibility index (Phi) is 7.03. The molecule has 0 radical (unpaired) electrons. The van der Waals surface area contributed by atoms with E-state index in [0.29, 0.717) is 55.3 Å². The summed E-state index contributed by atoms with van der Waals surface area (Å²) in [6.45, 7) is 5.23. The van der Waals surface area contributed by atoms with Crippen LogP contribution in [0.15, 0.2) is 56.7 Å². The van der Waals surface area contributed by atoms with Gasteiger partial charge < -0.3 is 29.2 Å². The van der Waals surface area contributed by atoms with Gasteiger partial charge in [0.1, 0.15) is 28.4 Å². The number of nitrogens with one attached hydrogen (secondary N) is 1. The SMILES string of the molecule is CCn1cc(C(=O)O)c(=O)c2cnc(N3CCN(C(=O)[C@H](C)NC(=O)c4cc5ccccc5oc4=O)CC3)nc21. The summed E-state index contributed by atoms with van der Waals surface area (Å²) in [5, 5.41) is 12.6. The van der Waals surface area contributed by atoms with Crippen LogP contribution in [0.25, 0.3) is 22.0 Å². The van der Waals surface area contributed by atoms with Crippen LogP contribution in [0.4, 0.5) is 5.95 Å². The molecule has 2 amide bonds. The van der Waals surface area contributed by atoms with Gasteiger partial charge >= 0.3 is 11.6 Å². The van der Waals surface area contributed by atoms with E-state index >= 15 is 0 Å². The zero-order chi connectivity index (χ0) is 28.6. The zero-order valence-electron chi connectivity index (χ0n) is 21.8. The first-order chi connectivity index (χ1) is 19.2. The third-order valence-corrected chi connectivity index (χ3v) is 6.85. The van der Waals surface area contributed by atoms with Crippen molar-refractivity contribution in [3.8, 4) is 0 Å². The van der Waals surface area contributed by atoms with Gasteiger partial charge in [0, 0.05) is 50.5 Å². The van der Waals surface area contributed by atoms with Gasteiger partial charge in [0.15, 0.2) is 0 Å². The standard InChI is InChI=1S/C27H26N6O7/c1-3-31-14-19(25(37)38)21(34)18-13-28-27(30-22(18)31)33-10-8-32(9-11-33)24(36)15(2)29-23(35)17-12-16-6-4-5-7-20(16)40-26(17)39/h4-7,12-15H,3,8-11H2,1-2H3,(H,29,35)(H,37,38)/t15-/m0/s1. The highest BCUT2D eigenvalue weighted by molar-refractivity contribution is 5.99. The summed E-state index contributed by atoms with van der Waals surface area (Å²) in [6, 6.07) is 7.39. The zero-order valence-corrected chi connectivity index (χ0v) is 21.8. The molecule has 0 saturated carbocycles. The minimum atomic E-state index is -1.31. The van der Waals surface area contributed by atoms with E-state index in [1.807, 2.05) is 11.8 Å². The number of pyridine rings is 1. The van der Waals surface area contributed by atoms with Crippen LogP contribution < -0.4 is 21.3 Å². The fraction of sp³-hybridized carbons (Fsp3) is 0.296. The van der Waals surface area contributed by atoms with E-state index in [4.69, 9.17) is 4.42 Å². The van der Waals surface area contributed by atoms with Gasteiger partial charge in [0.25, 0.3) is 5.91 Å². The molecule has 40 heavy (non-hydrogen) atoms. The number of fused-ring (bicyclic) bond motifs is 2. The molecule has 13 heteroatoms. The summed E-state index contributed by atoms with van der Waals surface area (Å²) < 4.78 is 6.81. The van der Waals surface area contributed by atoms with Crippen molar-refractivity contribution < 1.29 is 23.9 Å². The van der Waals surface area contributed by atoms with E-state index in [2.05, 4.69) is 15.3 Å². The number of rotatable bonds is 6. The Hall–Kier alpha value is -5.07. The second-order valence-electron chi connectivity index (χ2n) is 9.36. The Morgan fingerprint density at radius 1 is 1.10 bits per heavy atom. The predicted octanol–water partition coefficient (Wildman–Crippen LogP) is 1.08. The van der Waals surface area contributed by atoms with Crippen molar-refractivity contribution in [1.82, 2.24) is 24.8 Å². The third kappa shape index (κ3) is 4.88. The molecule has 4 aromatic rings. The summed E-state index contributed by atoms with van der Waals surface area (Å²) in [5.41, 5.74) is -1.27. The number of piperazine rings is 1. The number of benzene rings is 1. The molecular weight excluding hydrogens is 520 g/mol. The Labute approximate surface area is 226 Å². The van der Waals surface area contributed by atoms with Crippen LogP contribution in [-0.4, -0.2) is 74.5 Å². The van der Waals surface area contributed by atoms with Crippen LogP contribution >= 0.6 is 0 Å². The van der Waals surface area contributed by atoms with Gasteiger partial charge in [-0.1, -0.05) is 18.2 Å². The average molecular weight is 547 g/mol. The molecule has 5 rings (SSSR count). The molecule has 1 fully saturated rings. The van der Waals surface area contributed by atoms with E-state index in [1.165, 1.54) is 18.5 Å².